The Hall–Kier alpha value is -3.06. The Labute approximate surface area is 152 Å². The summed E-state index contributed by atoms with van der Waals surface area (Å²) in [5, 5.41) is 1.98. The molecule has 0 bridgehead atoms. The monoisotopic (exact) mass is 395 g/mol. The summed E-state index contributed by atoms with van der Waals surface area (Å²) in [6.07, 6.45) is 4.93. The standard InChI is InChI=1S/C18H14BrN5O/c19-13-4-1-12-10-22-17(20)16(15(12)9-13)24-23-14-5-2-11(3-6-14)18-21-7-8-25-18/h1-10,23-24H,(H2,20,22). The molecule has 2 aromatic heterocycles. The Kier molecular flexibility index (Phi) is 3.99. The fraction of sp³-hybridized carbons (Fsp3) is 0. The van der Waals surface area contributed by atoms with Gasteiger partial charge in [0.1, 0.15) is 17.8 Å². The molecule has 2 heterocycles. The van der Waals surface area contributed by atoms with Gasteiger partial charge in [-0.25, -0.2) is 9.97 Å². The van der Waals surface area contributed by atoms with Crippen LogP contribution >= 0.6 is 15.9 Å². The lowest BCUT2D eigenvalue weighted by molar-refractivity contribution is 0.574. The van der Waals surface area contributed by atoms with Gasteiger partial charge in [0.25, 0.3) is 0 Å². The highest BCUT2D eigenvalue weighted by Gasteiger charge is 2.08. The number of nitrogens with one attached hydrogen (secondary N) is 2. The molecule has 4 aromatic rings. The molecular formula is C18H14BrN5O. The average Bonchev–Trinajstić information content (AvgIpc) is 3.16. The Morgan fingerprint density at radius 2 is 1.84 bits per heavy atom. The lowest BCUT2D eigenvalue weighted by atomic mass is 10.1. The van der Waals surface area contributed by atoms with Gasteiger partial charge in [-0.2, -0.15) is 0 Å². The van der Waals surface area contributed by atoms with Gasteiger partial charge in [0.05, 0.1) is 11.9 Å². The van der Waals surface area contributed by atoms with Gasteiger partial charge in [0.15, 0.2) is 0 Å². The molecular weight excluding hydrogens is 382 g/mol. The van der Waals surface area contributed by atoms with Crippen LogP contribution in [0.15, 0.2) is 70.0 Å². The molecule has 0 fully saturated rings. The topological polar surface area (TPSA) is 89.0 Å². The first-order valence-electron chi connectivity index (χ1n) is 7.56. The van der Waals surface area contributed by atoms with E-state index in [1.807, 2.05) is 42.5 Å². The predicted molar refractivity (Wildman–Crippen MR) is 103 cm³/mol. The van der Waals surface area contributed by atoms with Crippen molar-refractivity contribution in [1.82, 2.24) is 9.97 Å². The van der Waals surface area contributed by atoms with Crippen LogP contribution in [0.3, 0.4) is 0 Å². The van der Waals surface area contributed by atoms with E-state index < -0.39 is 0 Å². The lowest BCUT2D eigenvalue weighted by Gasteiger charge is -2.14. The highest BCUT2D eigenvalue weighted by molar-refractivity contribution is 9.10. The van der Waals surface area contributed by atoms with E-state index >= 15 is 0 Å². The molecule has 6 nitrogen and oxygen atoms in total. The summed E-state index contributed by atoms with van der Waals surface area (Å²) in [6, 6.07) is 13.7. The summed E-state index contributed by atoms with van der Waals surface area (Å²) in [7, 11) is 0. The van der Waals surface area contributed by atoms with Crippen LogP contribution < -0.4 is 16.6 Å². The molecule has 7 heteroatoms. The van der Waals surface area contributed by atoms with Crippen LogP contribution in [0, 0.1) is 0 Å². The molecule has 4 rings (SSSR count). The minimum Gasteiger partial charge on any atom is -0.445 e. The highest BCUT2D eigenvalue weighted by Crippen LogP contribution is 2.30. The van der Waals surface area contributed by atoms with Gasteiger partial charge >= 0.3 is 0 Å². The maximum absolute atomic E-state index is 6.04. The predicted octanol–water partition coefficient (Wildman–Crippen LogP) is 4.67. The summed E-state index contributed by atoms with van der Waals surface area (Å²) in [4.78, 5) is 8.37. The molecule has 0 amide bonds. The number of aromatic nitrogens is 2. The van der Waals surface area contributed by atoms with E-state index in [0.29, 0.717) is 11.7 Å². The van der Waals surface area contributed by atoms with Crippen molar-refractivity contribution in [1.29, 1.82) is 0 Å². The molecule has 0 saturated heterocycles. The van der Waals surface area contributed by atoms with E-state index in [0.717, 1.165) is 32.2 Å². The van der Waals surface area contributed by atoms with Gasteiger partial charge in [-0.15, -0.1) is 0 Å². The van der Waals surface area contributed by atoms with Crippen LogP contribution in [-0.2, 0) is 0 Å². The first-order valence-corrected chi connectivity index (χ1v) is 8.36. The van der Waals surface area contributed by atoms with E-state index in [1.165, 1.54) is 0 Å². The second kappa shape index (κ2) is 6.45. The molecule has 25 heavy (non-hydrogen) atoms. The van der Waals surface area contributed by atoms with Crippen LogP contribution in [0.2, 0.25) is 0 Å². The Balaban J connectivity index is 1.58. The van der Waals surface area contributed by atoms with Crippen LogP contribution in [0.25, 0.3) is 22.2 Å². The zero-order chi connectivity index (χ0) is 17.2. The zero-order valence-corrected chi connectivity index (χ0v) is 14.6. The van der Waals surface area contributed by atoms with Crippen molar-refractivity contribution in [3.8, 4) is 11.5 Å². The molecule has 0 aliphatic rings. The number of fused-ring (bicyclic) bond motifs is 1. The number of rotatable bonds is 4. The number of halogens is 1. The lowest BCUT2D eigenvalue weighted by Crippen LogP contribution is -2.11. The van der Waals surface area contributed by atoms with Gasteiger partial charge < -0.3 is 15.6 Å². The zero-order valence-electron chi connectivity index (χ0n) is 13.0. The third-order valence-electron chi connectivity index (χ3n) is 3.78. The fourth-order valence-electron chi connectivity index (χ4n) is 2.53. The largest absolute Gasteiger partial charge is 0.445 e. The summed E-state index contributed by atoms with van der Waals surface area (Å²) < 4.78 is 6.26. The smallest absolute Gasteiger partial charge is 0.225 e. The van der Waals surface area contributed by atoms with Gasteiger partial charge in [-0.05, 0) is 36.4 Å². The number of hydrogen-bond donors (Lipinski definition) is 3. The van der Waals surface area contributed by atoms with E-state index in [2.05, 4.69) is 36.7 Å². The quantitative estimate of drug-likeness (QED) is 0.435. The van der Waals surface area contributed by atoms with Gasteiger partial charge in [0, 0.05) is 27.0 Å². The second-order valence-electron chi connectivity index (χ2n) is 5.41. The van der Waals surface area contributed by atoms with Gasteiger partial charge in [-0.1, -0.05) is 22.0 Å². The normalized spacial score (nSPS) is 10.8. The van der Waals surface area contributed by atoms with E-state index in [9.17, 15) is 0 Å². The molecule has 124 valence electrons. The minimum absolute atomic E-state index is 0.425. The minimum atomic E-state index is 0.425. The molecule has 0 spiro atoms. The number of nitrogens with two attached hydrogens (primary N) is 1. The third-order valence-corrected chi connectivity index (χ3v) is 4.27. The number of oxazole rings is 1. The number of nitrogens with zero attached hydrogens (tertiary/aromatic N) is 2. The van der Waals surface area contributed by atoms with Crippen molar-refractivity contribution in [2.75, 3.05) is 16.6 Å². The van der Waals surface area contributed by atoms with Crippen LogP contribution in [0.4, 0.5) is 17.2 Å². The third kappa shape index (κ3) is 3.14. The van der Waals surface area contributed by atoms with Crippen LogP contribution in [0.5, 0.6) is 0 Å². The number of hydrazine groups is 1. The number of benzene rings is 2. The van der Waals surface area contributed by atoms with Crippen molar-refractivity contribution in [3.05, 3.63) is 65.6 Å². The first kappa shape index (κ1) is 15.5. The molecule has 0 aliphatic heterocycles. The number of hydrogen-bond acceptors (Lipinski definition) is 6. The molecule has 0 atom stereocenters. The van der Waals surface area contributed by atoms with Crippen molar-refractivity contribution in [2.45, 2.75) is 0 Å². The van der Waals surface area contributed by atoms with Crippen molar-refractivity contribution >= 4 is 43.9 Å². The Morgan fingerprint density at radius 3 is 2.60 bits per heavy atom. The van der Waals surface area contributed by atoms with Crippen LogP contribution in [0.1, 0.15) is 0 Å². The Bertz CT molecular complexity index is 1010. The number of anilines is 3. The van der Waals surface area contributed by atoms with Gasteiger partial charge in [0.2, 0.25) is 5.89 Å². The van der Waals surface area contributed by atoms with Crippen LogP contribution in [-0.4, -0.2) is 9.97 Å². The maximum Gasteiger partial charge on any atom is 0.225 e. The summed E-state index contributed by atoms with van der Waals surface area (Å²) >= 11 is 3.49. The summed E-state index contributed by atoms with van der Waals surface area (Å²) in [5.41, 5.74) is 14.9. The Morgan fingerprint density at radius 1 is 1.00 bits per heavy atom. The molecule has 0 aliphatic carbocycles. The summed E-state index contributed by atoms with van der Waals surface area (Å²) in [5.74, 6) is 1.02. The number of pyridine rings is 1. The number of nitrogen functional groups attached to an aromatic ring is 1. The highest BCUT2D eigenvalue weighted by atomic mass is 79.9. The molecule has 2 aromatic carbocycles. The summed E-state index contributed by atoms with van der Waals surface area (Å²) in [6.45, 7) is 0. The SMILES string of the molecule is Nc1ncc2ccc(Br)cc2c1NNc1ccc(-c2ncco2)cc1. The molecule has 0 unspecified atom stereocenters. The maximum atomic E-state index is 6.04. The van der Waals surface area contributed by atoms with E-state index in [4.69, 9.17) is 10.2 Å². The second-order valence-corrected chi connectivity index (χ2v) is 6.33. The molecule has 0 radical (unpaired) electrons. The van der Waals surface area contributed by atoms with E-state index in [1.54, 1.807) is 18.7 Å². The molecule has 0 saturated carbocycles. The van der Waals surface area contributed by atoms with Crippen molar-refractivity contribution < 1.29 is 4.42 Å². The van der Waals surface area contributed by atoms with E-state index in [-0.39, 0.29) is 0 Å². The van der Waals surface area contributed by atoms with Gasteiger partial charge in [-0.3, -0.25) is 5.43 Å². The van der Waals surface area contributed by atoms with Crippen molar-refractivity contribution in [2.24, 2.45) is 0 Å². The molecule has 4 N–H and O–H groups in total. The fourth-order valence-corrected chi connectivity index (χ4v) is 2.89. The van der Waals surface area contributed by atoms with Crippen molar-refractivity contribution in [3.63, 3.8) is 0 Å². The first-order chi connectivity index (χ1) is 12.2. The average molecular weight is 396 g/mol.